The molecule has 1 aromatic heterocycles. The smallest absolute Gasteiger partial charge is 0.247 e. The van der Waals surface area contributed by atoms with Crippen LogP contribution in [0.5, 0.6) is 0 Å². The average molecular weight is 335 g/mol. The van der Waals surface area contributed by atoms with Gasteiger partial charge in [-0.3, -0.25) is 4.79 Å². The van der Waals surface area contributed by atoms with Gasteiger partial charge in [0, 0.05) is 32.0 Å². The van der Waals surface area contributed by atoms with Gasteiger partial charge >= 0.3 is 0 Å². The van der Waals surface area contributed by atoms with Gasteiger partial charge in [-0.25, -0.2) is 0 Å². The second-order valence-corrected chi connectivity index (χ2v) is 6.11. The van der Waals surface area contributed by atoms with Crippen LogP contribution in [0.1, 0.15) is 23.4 Å². The zero-order chi connectivity index (χ0) is 17.6. The van der Waals surface area contributed by atoms with E-state index in [0.29, 0.717) is 31.2 Å². The molecule has 0 saturated carbocycles. The molecule has 0 aliphatic carbocycles. The summed E-state index contributed by atoms with van der Waals surface area (Å²) in [6.07, 6.45) is 0.787. The molecule has 5 nitrogen and oxygen atoms in total. The van der Waals surface area contributed by atoms with Crippen molar-refractivity contribution in [1.82, 2.24) is 15.1 Å². The lowest BCUT2D eigenvalue weighted by molar-refractivity contribution is -0.130. The van der Waals surface area contributed by atoms with Crippen molar-refractivity contribution in [3.63, 3.8) is 0 Å². The fraction of sp³-hybridized carbons (Fsp3) is 0.250. The van der Waals surface area contributed by atoms with Crippen LogP contribution < -0.4 is 0 Å². The quantitative estimate of drug-likeness (QED) is 0.690. The van der Waals surface area contributed by atoms with Crippen molar-refractivity contribution in [1.29, 1.82) is 0 Å². The molecular weight excluding hydrogens is 314 g/mol. The van der Waals surface area contributed by atoms with E-state index in [1.165, 1.54) is 0 Å². The van der Waals surface area contributed by atoms with E-state index in [9.17, 15) is 4.79 Å². The van der Waals surface area contributed by atoms with Crippen molar-refractivity contribution >= 4 is 5.91 Å². The molecule has 0 N–H and O–H groups in total. The Morgan fingerprint density at radius 3 is 2.64 bits per heavy atom. The minimum absolute atomic E-state index is 0.0548. The van der Waals surface area contributed by atoms with Crippen molar-refractivity contribution in [3.05, 3.63) is 71.6 Å². The van der Waals surface area contributed by atoms with Crippen molar-refractivity contribution < 1.29 is 9.21 Å². The van der Waals surface area contributed by atoms with Gasteiger partial charge in [-0.15, -0.1) is 10.2 Å². The average Bonchev–Trinajstić information content (AvgIpc) is 3.09. The summed E-state index contributed by atoms with van der Waals surface area (Å²) in [7, 11) is 1.81. The van der Waals surface area contributed by atoms with Crippen molar-refractivity contribution in [3.8, 4) is 11.5 Å². The van der Waals surface area contributed by atoms with Gasteiger partial charge in [0.25, 0.3) is 0 Å². The van der Waals surface area contributed by atoms with E-state index in [2.05, 4.69) is 10.2 Å². The number of benzene rings is 2. The van der Waals surface area contributed by atoms with E-state index in [-0.39, 0.29) is 5.91 Å². The summed E-state index contributed by atoms with van der Waals surface area (Å²) < 4.78 is 5.68. The summed E-state index contributed by atoms with van der Waals surface area (Å²) in [4.78, 5) is 14.0. The van der Waals surface area contributed by atoms with Crippen LogP contribution >= 0.6 is 0 Å². The first kappa shape index (κ1) is 16.9. The SMILES string of the molecule is Cc1cccc(-c2nnc(CCC(=O)N(C)Cc3ccccc3)o2)c1. The largest absolute Gasteiger partial charge is 0.421 e. The van der Waals surface area contributed by atoms with Crippen LogP contribution in [0.2, 0.25) is 0 Å². The number of carbonyl (C=O) groups excluding carboxylic acids is 1. The van der Waals surface area contributed by atoms with Crippen molar-refractivity contribution in [2.45, 2.75) is 26.3 Å². The summed E-state index contributed by atoms with van der Waals surface area (Å²) in [6, 6.07) is 17.8. The van der Waals surface area contributed by atoms with Crippen LogP contribution in [-0.2, 0) is 17.8 Å². The predicted octanol–water partition coefficient (Wildman–Crippen LogP) is 3.64. The second-order valence-electron chi connectivity index (χ2n) is 6.11. The standard InChI is InChI=1S/C20H21N3O2/c1-15-7-6-10-17(13-15)20-22-21-18(25-20)11-12-19(24)23(2)14-16-8-4-3-5-9-16/h3-10,13H,11-12,14H2,1-2H3. The molecule has 0 radical (unpaired) electrons. The van der Waals surface area contributed by atoms with Gasteiger partial charge in [0.1, 0.15) is 0 Å². The Morgan fingerprint density at radius 2 is 1.88 bits per heavy atom. The number of carbonyl (C=O) groups is 1. The van der Waals surface area contributed by atoms with E-state index in [1.807, 2.05) is 61.5 Å². The Morgan fingerprint density at radius 1 is 1.08 bits per heavy atom. The zero-order valence-corrected chi connectivity index (χ0v) is 14.5. The minimum Gasteiger partial charge on any atom is -0.421 e. The molecule has 0 saturated heterocycles. The Labute approximate surface area is 147 Å². The highest BCUT2D eigenvalue weighted by Gasteiger charge is 2.13. The van der Waals surface area contributed by atoms with Gasteiger partial charge in [0.05, 0.1) is 0 Å². The van der Waals surface area contributed by atoms with Crippen LogP contribution in [0.3, 0.4) is 0 Å². The Bertz CT molecular complexity index is 843. The first-order valence-electron chi connectivity index (χ1n) is 8.29. The van der Waals surface area contributed by atoms with Gasteiger partial charge in [0.15, 0.2) is 0 Å². The van der Waals surface area contributed by atoms with Crippen LogP contribution in [0.4, 0.5) is 0 Å². The van der Waals surface area contributed by atoms with Gasteiger partial charge < -0.3 is 9.32 Å². The highest BCUT2D eigenvalue weighted by molar-refractivity contribution is 5.76. The summed E-state index contributed by atoms with van der Waals surface area (Å²) >= 11 is 0. The maximum Gasteiger partial charge on any atom is 0.247 e. The number of aryl methyl sites for hydroxylation is 2. The van der Waals surface area contributed by atoms with Gasteiger partial charge in [-0.05, 0) is 24.6 Å². The van der Waals surface area contributed by atoms with Crippen LogP contribution in [0, 0.1) is 6.92 Å². The summed E-state index contributed by atoms with van der Waals surface area (Å²) in [6.45, 7) is 2.61. The molecule has 0 unspecified atom stereocenters. The number of rotatable bonds is 6. The van der Waals surface area contributed by atoms with E-state index in [4.69, 9.17) is 4.42 Å². The lowest BCUT2D eigenvalue weighted by Gasteiger charge is -2.16. The van der Waals surface area contributed by atoms with Crippen LogP contribution in [0.15, 0.2) is 59.0 Å². The van der Waals surface area contributed by atoms with Crippen molar-refractivity contribution in [2.24, 2.45) is 0 Å². The molecule has 1 amide bonds. The lowest BCUT2D eigenvalue weighted by atomic mass is 10.1. The molecule has 1 heterocycles. The summed E-state index contributed by atoms with van der Waals surface area (Å²) in [5, 5.41) is 8.13. The lowest BCUT2D eigenvalue weighted by Crippen LogP contribution is -2.26. The minimum atomic E-state index is 0.0548. The molecule has 0 fully saturated rings. The van der Waals surface area contributed by atoms with Gasteiger partial charge in [-0.1, -0.05) is 48.0 Å². The van der Waals surface area contributed by atoms with E-state index >= 15 is 0 Å². The van der Waals surface area contributed by atoms with E-state index < -0.39 is 0 Å². The van der Waals surface area contributed by atoms with Gasteiger partial charge in [0.2, 0.25) is 17.7 Å². The van der Waals surface area contributed by atoms with E-state index in [0.717, 1.165) is 16.7 Å². The maximum atomic E-state index is 12.3. The molecule has 0 atom stereocenters. The normalized spacial score (nSPS) is 10.6. The molecule has 128 valence electrons. The Kier molecular flexibility index (Phi) is 5.23. The highest BCUT2D eigenvalue weighted by Crippen LogP contribution is 2.19. The molecule has 3 aromatic rings. The molecule has 25 heavy (non-hydrogen) atoms. The number of aromatic nitrogens is 2. The van der Waals surface area contributed by atoms with Crippen LogP contribution in [-0.4, -0.2) is 28.1 Å². The Balaban J connectivity index is 1.56. The molecule has 0 bridgehead atoms. The fourth-order valence-electron chi connectivity index (χ4n) is 2.60. The molecule has 0 aliphatic rings. The van der Waals surface area contributed by atoms with E-state index in [1.54, 1.807) is 11.9 Å². The molecular formula is C20H21N3O2. The predicted molar refractivity (Wildman–Crippen MR) is 95.7 cm³/mol. The third-order valence-corrected chi connectivity index (χ3v) is 3.97. The third-order valence-electron chi connectivity index (χ3n) is 3.97. The topological polar surface area (TPSA) is 59.2 Å². The fourth-order valence-corrected chi connectivity index (χ4v) is 2.60. The van der Waals surface area contributed by atoms with Crippen molar-refractivity contribution in [2.75, 3.05) is 7.05 Å². The third kappa shape index (κ3) is 4.53. The number of hydrogen-bond acceptors (Lipinski definition) is 4. The molecule has 5 heteroatoms. The first-order chi connectivity index (χ1) is 12.1. The number of amides is 1. The monoisotopic (exact) mass is 335 g/mol. The first-order valence-corrected chi connectivity index (χ1v) is 8.29. The van der Waals surface area contributed by atoms with Gasteiger partial charge in [-0.2, -0.15) is 0 Å². The zero-order valence-electron chi connectivity index (χ0n) is 14.5. The molecule has 2 aromatic carbocycles. The molecule has 0 aliphatic heterocycles. The number of hydrogen-bond donors (Lipinski definition) is 0. The second kappa shape index (κ2) is 7.75. The van der Waals surface area contributed by atoms with Crippen LogP contribution in [0.25, 0.3) is 11.5 Å². The summed E-state index contributed by atoms with van der Waals surface area (Å²) in [5.41, 5.74) is 3.14. The molecule has 3 rings (SSSR count). The molecule has 0 spiro atoms. The highest BCUT2D eigenvalue weighted by atomic mass is 16.4. The summed E-state index contributed by atoms with van der Waals surface area (Å²) in [5.74, 6) is 1.03. The number of nitrogens with zero attached hydrogens (tertiary/aromatic N) is 3. The Hall–Kier alpha value is -2.95. The maximum absolute atomic E-state index is 12.3.